The van der Waals surface area contributed by atoms with Crippen molar-refractivity contribution in [2.75, 3.05) is 11.9 Å². The number of carbonyl (C=O) groups excluding carboxylic acids is 1. The molecule has 1 aromatic carbocycles. The molecule has 0 aromatic heterocycles. The summed E-state index contributed by atoms with van der Waals surface area (Å²) in [6, 6.07) is 7.01. The first-order chi connectivity index (χ1) is 8.06. The van der Waals surface area contributed by atoms with Gasteiger partial charge in [0.05, 0.1) is 0 Å². The van der Waals surface area contributed by atoms with Crippen LogP contribution >= 0.6 is 23.2 Å². The summed E-state index contributed by atoms with van der Waals surface area (Å²) >= 11 is 9.98. The second-order valence-corrected chi connectivity index (χ2v) is 6.09. The van der Waals surface area contributed by atoms with Crippen LogP contribution in [0.3, 0.4) is 0 Å². The molecule has 0 atom stereocenters. The van der Waals surface area contributed by atoms with Crippen LogP contribution in [-0.4, -0.2) is 38.8 Å². The number of rotatable bonds is 5. The van der Waals surface area contributed by atoms with Crippen molar-refractivity contribution < 1.29 is 19.0 Å². The van der Waals surface area contributed by atoms with Crippen molar-refractivity contribution >= 4 is 55.0 Å². The molecule has 1 rings (SSSR count). The van der Waals surface area contributed by atoms with Gasteiger partial charge in [0.1, 0.15) is 0 Å². The molecular weight excluding hydrogens is 330 g/mol. The topological polar surface area (TPSA) is 59.0 Å². The minimum absolute atomic E-state index is 0.396. The maximum absolute atomic E-state index is 11.5. The summed E-state index contributed by atoms with van der Waals surface area (Å²) in [6.07, 6.45) is 0. The molecule has 0 bridgehead atoms. The number of hydrogen-bond acceptors (Lipinski definition) is 4. The summed E-state index contributed by atoms with van der Waals surface area (Å²) < 4.78 is 5.36. The number of carbonyl (C=O) groups is 1. The average molecular weight is 339 g/mol. The molecule has 0 aliphatic carbocycles. The van der Waals surface area contributed by atoms with Crippen LogP contribution in [0.2, 0.25) is 0 Å². The Morgan fingerprint density at radius 2 is 2.00 bits per heavy atom. The number of hydrogen-bond donors (Lipinski definition) is 1. The Bertz CT molecular complexity index is 374. The van der Waals surface area contributed by atoms with E-state index in [0.717, 1.165) is 4.40 Å². The molecule has 5 nitrogen and oxygen atoms in total. The van der Waals surface area contributed by atoms with E-state index in [0.29, 0.717) is 5.69 Å². The number of amides is 1. The van der Waals surface area contributed by atoms with Gasteiger partial charge < -0.3 is 0 Å². The van der Waals surface area contributed by atoms with Gasteiger partial charge in [-0.05, 0) is 0 Å². The number of anilines is 1. The third-order valence-corrected chi connectivity index (χ3v) is 3.87. The van der Waals surface area contributed by atoms with Gasteiger partial charge in [0.2, 0.25) is 0 Å². The second kappa shape index (κ2) is 7.20. The van der Waals surface area contributed by atoms with Crippen molar-refractivity contribution in [3.8, 4) is 0 Å². The third-order valence-electron chi connectivity index (χ3n) is 1.97. The number of benzene rings is 1. The maximum atomic E-state index is 11.5. The van der Waals surface area contributed by atoms with Crippen molar-refractivity contribution in [3.05, 3.63) is 24.3 Å². The molecule has 0 saturated carbocycles. The molecule has 1 amide bonds. The molecule has 17 heavy (non-hydrogen) atoms. The first-order valence-corrected chi connectivity index (χ1v) is 7.23. The summed E-state index contributed by atoms with van der Waals surface area (Å²) in [5.74, 6) is -0.396. The quantitative estimate of drug-likeness (QED) is 0.378. The van der Waals surface area contributed by atoms with Crippen molar-refractivity contribution in [1.82, 2.24) is 0 Å². The van der Waals surface area contributed by atoms with Gasteiger partial charge in [0, 0.05) is 0 Å². The van der Waals surface area contributed by atoms with Crippen molar-refractivity contribution in [1.29, 1.82) is 0 Å². The van der Waals surface area contributed by atoms with Crippen LogP contribution < -0.4 is 9.30 Å². The molecule has 1 aromatic rings. The van der Waals surface area contributed by atoms with Gasteiger partial charge in [-0.25, -0.2) is 0 Å². The van der Waals surface area contributed by atoms with Gasteiger partial charge in [-0.1, -0.05) is 0 Å². The fourth-order valence-corrected chi connectivity index (χ4v) is 2.30. The molecule has 0 aliphatic heterocycles. The first-order valence-electron chi connectivity index (χ1n) is 4.45. The predicted octanol–water partition coefficient (Wildman–Crippen LogP) is 1.12. The third kappa shape index (κ3) is 4.46. The Labute approximate surface area is 115 Å². The summed E-state index contributed by atoms with van der Waals surface area (Å²) in [5.41, 5.74) is 0.668. The SMILES string of the molecule is CN(C(=O)C(Cl)Cl)c1cc[c]([Ge][O]OO)cc1. The molecule has 92 valence electrons. The van der Waals surface area contributed by atoms with Gasteiger partial charge in [0.25, 0.3) is 0 Å². The fraction of sp³-hybridized carbons (Fsp3) is 0.222. The van der Waals surface area contributed by atoms with Crippen LogP contribution in [0.15, 0.2) is 24.3 Å². The van der Waals surface area contributed by atoms with Crippen molar-refractivity contribution in [2.24, 2.45) is 0 Å². The van der Waals surface area contributed by atoms with Crippen molar-refractivity contribution in [2.45, 2.75) is 4.84 Å². The summed E-state index contributed by atoms with van der Waals surface area (Å²) in [7, 11) is 1.58. The minimum atomic E-state index is -1.08. The average Bonchev–Trinajstić information content (AvgIpc) is 2.35. The van der Waals surface area contributed by atoms with Crippen LogP contribution in [0.1, 0.15) is 0 Å². The molecule has 0 heterocycles. The molecule has 8 heteroatoms. The van der Waals surface area contributed by atoms with Gasteiger partial charge in [-0.15, -0.1) is 0 Å². The van der Waals surface area contributed by atoms with E-state index in [1.165, 1.54) is 4.90 Å². The number of alkyl halides is 2. The second-order valence-electron chi connectivity index (χ2n) is 3.00. The van der Waals surface area contributed by atoms with E-state index in [2.05, 4.69) is 8.95 Å². The zero-order valence-corrected chi connectivity index (χ0v) is 12.4. The molecule has 0 unspecified atom stereocenters. The Hall–Kier alpha value is -0.307. The van der Waals surface area contributed by atoms with Crippen LogP contribution in [0.4, 0.5) is 5.69 Å². The zero-order valence-electron chi connectivity index (χ0n) is 8.76. The monoisotopic (exact) mass is 339 g/mol. The Morgan fingerprint density at radius 3 is 2.47 bits per heavy atom. The molecule has 0 aliphatic rings. The van der Waals surface area contributed by atoms with E-state index in [1.54, 1.807) is 31.3 Å². The van der Waals surface area contributed by atoms with Crippen LogP contribution in [-0.2, 0) is 13.7 Å². The van der Waals surface area contributed by atoms with E-state index in [9.17, 15) is 4.79 Å². The normalized spacial score (nSPS) is 10.6. The Morgan fingerprint density at radius 1 is 1.41 bits per heavy atom. The van der Waals surface area contributed by atoms with Gasteiger partial charge in [0.15, 0.2) is 0 Å². The Balaban J connectivity index is 2.70. The molecule has 1 N–H and O–H groups in total. The van der Waals surface area contributed by atoms with Gasteiger partial charge in [-0.2, -0.15) is 0 Å². The molecular formula is C9H9Cl2GeNO4. The first kappa shape index (κ1) is 14.8. The molecule has 2 radical (unpaired) electrons. The van der Waals surface area contributed by atoms with E-state index in [-0.39, 0.29) is 0 Å². The summed E-state index contributed by atoms with van der Waals surface area (Å²) in [6.45, 7) is 0. The summed E-state index contributed by atoms with van der Waals surface area (Å²) in [5, 5.41) is 11.6. The van der Waals surface area contributed by atoms with Crippen LogP contribution in [0.25, 0.3) is 0 Å². The van der Waals surface area contributed by atoms with E-state index < -0.39 is 26.5 Å². The van der Waals surface area contributed by atoms with Crippen molar-refractivity contribution in [3.63, 3.8) is 0 Å². The van der Waals surface area contributed by atoms with Gasteiger partial charge >= 0.3 is 115 Å². The number of nitrogens with zero attached hydrogens (tertiary/aromatic N) is 1. The molecule has 0 fully saturated rings. The van der Waals surface area contributed by atoms with E-state index in [1.807, 2.05) is 0 Å². The molecule has 0 saturated heterocycles. The molecule has 0 spiro atoms. The zero-order chi connectivity index (χ0) is 12.8. The number of halogens is 2. The summed E-state index contributed by atoms with van der Waals surface area (Å²) in [4.78, 5) is 11.8. The predicted molar refractivity (Wildman–Crippen MR) is 65.5 cm³/mol. The fourth-order valence-electron chi connectivity index (χ4n) is 1.09. The van der Waals surface area contributed by atoms with E-state index in [4.69, 9.17) is 28.5 Å². The van der Waals surface area contributed by atoms with E-state index >= 15 is 0 Å². The standard InChI is InChI=1S/C9H9Cl2GeNO4/c1-13(9(14)8(10)11)7-4-2-6(3-5-7)12-16-17-15/h2-5,8,15H,1H3. The Kier molecular flexibility index (Phi) is 6.25. The van der Waals surface area contributed by atoms with Crippen LogP contribution in [0.5, 0.6) is 0 Å². The van der Waals surface area contributed by atoms with Gasteiger partial charge in [-0.3, -0.25) is 0 Å². The van der Waals surface area contributed by atoms with Crippen LogP contribution in [0, 0.1) is 0 Å².